The number of hydrogen-bond acceptors (Lipinski definition) is 4. The second-order valence-corrected chi connectivity index (χ2v) is 7.47. The predicted octanol–water partition coefficient (Wildman–Crippen LogP) is 0.927. The zero-order valence-corrected chi connectivity index (χ0v) is 12.3. The van der Waals surface area contributed by atoms with E-state index in [-0.39, 0.29) is 0 Å². The second-order valence-electron chi connectivity index (χ2n) is 4.90. The Kier molecular flexibility index (Phi) is 4.54. The smallest absolute Gasteiger partial charge is 0.323 e. The van der Waals surface area contributed by atoms with Gasteiger partial charge in [0.25, 0.3) is 0 Å². The number of carbonyl (C=O) groups is 2. The molecule has 1 aromatic rings. The van der Waals surface area contributed by atoms with Crippen LogP contribution in [0.1, 0.15) is 13.8 Å². The minimum Gasteiger partial charge on any atom is -0.480 e. The Balaban J connectivity index is 3.26. The summed E-state index contributed by atoms with van der Waals surface area (Å²) < 4.78 is 21.7. The third-order valence-corrected chi connectivity index (χ3v) is 5.08. The maximum Gasteiger partial charge on any atom is 0.323 e. The first-order chi connectivity index (χ1) is 9.07. The van der Waals surface area contributed by atoms with Crippen LogP contribution in [0.15, 0.2) is 30.3 Å². The van der Waals surface area contributed by atoms with E-state index in [1.54, 1.807) is 30.3 Å². The van der Waals surface area contributed by atoms with Crippen LogP contribution in [-0.2, 0) is 19.4 Å². The molecule has 1 rings (SSSR count). The van der Waals surface area contributed by atoms with E-state index in [1.807, 2.05) is 0 Å². The van der Waals surface area contributed by atoms with E-state index in [9.17, 15) is 18.0 Å². The third-order valence-electron chi connectivity index (χ3n) is 3.05. The van der Waals surface area contributed by atoms with Crippen LogP contribution in [0.25, 0.3) is 0 Å². The molecule has 1 aromatic carbocycles. The van der Waals surface area contributed by atoms with Gasteiger partial charge in [0.05, 0.1) is 0 Å². The van der Waals surface area contributed by atoms with E-state index >= 15 is 0 Å². The Labute approximate surface area is 117 Å². The van der Waals surface area contributed by atoms with Crippen LogP contribution >= 0.6 is 0 Å². The Hall–Kier alpha value is -1.89. The fraction of sp³-hybridized carbons (Fsp3) is 0.385. The normalized spacial score (nSPS) is 11.9. The first-order valence-corrected chi connectivity index (χ1v) is 7.75. The second kappa shape index (κ2) is 5.62. The number of carboxylic acid groups (broad SMARTS) is 1. The van der Waals surface area contributed by atoms with Crippen molar-refractivity contribution in [2.24, 2.45) is 0 Å². The predicted molar refractivity (Wildman–Crippen MR) is 75.4 cm³/mol. The number of carbonyl (C=O) groups excluding carboxylic acids is 1. The highest BCUT2D eigenvalue weighted by Crippen LogP contribution is 2.23. The average Bonchev–Trinajstić information content (AvgIpc) is 2.34. The Bertz CT molecular complexity index is 607. The van der Waals surface area contributed by atoms with E-state index in [0.29, 0.717) is 5.69 Å². The van der Waals surface area contributed by atoms with Crippen molar-refractivity contribution >= 4 is 27.4 Å². The minimum absolute atomic E-state index is 0.344. The molecule has 0 aliphatic rings. The van der Waals surface area contributed by atoms with E-state index in [1.165, 1.54) is 13.8 Å². The minimum atomic E-state index is -3.67. The van der Waals surface area contributed by atoms with Gasteiger partial charge in [0.2, 0.25) is 5.91 Å². The quantitative estimate of drug-likeness (QED) is 0.873. The molecule has 0 unspecified atom stereocenters. The van der Waals surface area contributed by atoms with Crippen molar-refractivity contribution in [3.63, 3.8) is 0 Å². The summed E-state index contributed by atoms with van der Waals surface area (Å²) in [4.78, 5) is 24.3. The van der Waals surface area contributed by atoms with Crippen molar-refractivity contribution < 1.29 is 23.1 Å². The van der Waals surface area contributed by atoms with E-state index in [4.69, 9.17) is 5.11 Å². The van der Waals surface area contributed by atoms with Crippen LogP contribution in [0.3, 0.4) is 0 Å². The van der Waals surface area contributed by atoms with Gasteiger partial charge >= 0.3 is 5.97 Å². The van der Waals surface area contributed by atoms with Crippen molar-refractivity contribution in [2.45, 2.75) is 18.6 Å². The lowest BCUT2D eigenvalue weighted by atomic mass is 10.1. The lowest BCUT2D eigenvalue weighted by molar-refractivity contribution is -0.136. The highest BCUT2D eigenvalue weighted by molar-refractivity contribution is 7.92. The number of para-hydroxylation sites is 1. The summed E-state index contributed by atoms with van der Waals surface area (Å²) in [7, 11) is -3.67. The first-order valence-electron chi connectivity index (χ1n) is 5.86. The lowest BCUT2D eigenvalue weighted by Crippen LogP contribution is -2.51. The maximum atomic E-state index is 12.4. The van der Waals surface area contributed by atoms with Gasteiger partial charge in [-0.1, -0.05) is 18.2 Å². The van der Waals surface area contributed by atoms with E-state index in [0.717, 1.165) is 11.2 Å². The molecule has 110 valence electrons. The molecule has 0 radical (unpaired) electrons. The Morgan fingerprint density at radius 1 is 1.20 bits per heavy atom. The Morgan fingerprint density at radius 2 is 1.70 bits per heavy atom. The third kappa shape index (κ3) is 3.36. The fourth-order valence-corrected chi connectivity index (χ4v) is 1.93. The van der Waals surface area contributed by atoms with Crippen LogP contribution in [0.4, 0.5) is 5.69 Å². The highest BCUT2D eigenvalue weighted by atomic mass is 32.2. The highest BCUT2D eigenvalue weighted by Gasteiger charge is 2.42. The number of sulfone groups is 1. The van der Waals surface area contributed by atoms with Crippen LogP contribution in [0.2, 0.25) is 0 Å². The first kappa shape index (κ1) is 16.2. The molecular formula is C13H17NO5S. The number of rotatable bonds is 5. The van der Waals surface area contributed by atoms with Crippen LogP contribution < -0.4 is 4.90 Å². The number of aliphatic carboxylic acids is 1. The van der Waals surface area contributed by atoms with Crippen LogP contribution in [0, 0.1) is 0 Å². The molecule has 0 spiro atoms. The van der Waals surface area contributed by atoms with Crippen LogP contribution in [-0.4, -0.2) is 42.9 Å². The van der Waals surface area contributed by atoms with Gasteiger partial charge in [-0.25, -0.2) is 8.42 Å². The number of benzene rings is 1. The topological polar surface area (TPSA) is 91.8 Å². The summed E-state index contributed by atoms with van der Waals surface area (Å²) in [5.41, 5.74) is 0.344. The molecule has 0 aromatic heterocycles. The summed E-state index contributed by atoms with van der Waals surface area (Å²) >= 11 is 0. The molecule has 7 heteroatoms. The number of carboxylic acids is 1. The van der Waals surface area contributed by atoms with Gasteiger partial charge in [-0.2, -0.15) is 0 Å². The molecule has 0 saturated heterocycles. The van der Waals surface area contributed by atoms with E-state index < -0.39 is 33.0 Å². The van der Waals surface area contributed by atoms with Gasteiger partial charge < -0.3 is 5.11 Å². The van der Waals surface area contributed by atoms with Gasteiger partial charge in [-0.3, -0.25) is 14.5 Å². The molecule has 0 heterocycles. The molecule has 0 aliphatic heterocycles. The van der Waals surface area contributed by atoms with Gasteiger partial charge in [-0.15, -0.1) is 0 Å². The number of hydrogen-bond donors (Lipinski definition) is 1. The zero-order chi connectivity index (χ0) is 15.6. The molecule has 20 heavy (non-hydrogen) atoms. The van der Waals surface area contributed by atoms with Crippen molar-refractivity contribution in [3.05, 3.63) is 30.3 Å². The lowest BCUT2D eigenvalue weighted by Gasteiger charge is -2.29. The standard InChI is InChI=1S/C13H17NO5S/c1-13(2,20(3,18)19)12(17)14(9-11(15)16)10-7-5-4-6-8-10/h4-8H,9H2,1-3H3,(H,15,16). The molecule has 0 saturated carbocycles. The molecule has 0 atom stereocenters. The van der Waals surface area contributed by atoms with Gasteiger partial charge in [0.1, 0.15) is 11.3 Å². The van der Waals surface area contributed by atoms with Crippen LogP contribution in [0.5, 0.6) is 0 Å². The van der Waals surface area contributed by atoms with Crippen molar-refractivity contribution in [3.8, 4) is 0 Å². The summed E-state index contributed by atoms with van der Waals surface area (Å²) in [5.74, 6) is -1.99. The number of amides is 1. The van der Waals surface area contributed by atoms with Gasteiger partial charge in [0, 0.05) is 11.9 Å². The fourth-order valence-electron chi connectivity index (χ4n) is 1.51. The molecular weight excluding hydrogens is 282 g/mol. The molecule has 0 bridgehead atoms. The zero-order valence-electron chi connectivity index (χ0n) is 11.5. The molecule has 6 nitrogen and oxygen atoms in total. The largest absolute Gasteiger partial charge is 0.480 e. The van der Waals surface area contributed by atoms with Crippen molar-refractivity contribution in [1.82, 2.24) is 0 Å². The maximum absolute atomic E-state index is 12.4. The summed E-state index contributed by atoms with van der Waals surface area (Å²) in [6.45, 7) is 1.94. The molecule has 0 aliphatic carbocycles. The summed E-state index contributed by atoms with van der Waals surface area (Å²) in [6, 6.07) is 8.11. The monoisotopic (exact) mass is 299 g/mol. The SMILES string of the molecule is CC(C)(C(=O)N(CC(=O)O)c1ccccc1)S(C)(=O)=O. The number of nitrogens with zero attached hydrogens (tertiary/aromatic N) is 1. The van der Waals surface area contributed by atoms with Crippen molar-refractivity contribution in [2.75, 3.05) is 17.7 Å². The van der Waals surface area contributed by atoms with E-state index in [2.05, 4.69) is 0 Å². The molecule has 1 amide bonds. The van der Waals surface area contributed by atoms with Crippen molar-refractivity contribution in [1.29, 1.82) is 0 Å². The molecule has 1 N–H and O–H groups in total. The number of anilines is 1. The molecule has 0 fully saturated rings. The Morgan fingerprint density at radius 3 is 2.10 bits per heavy atom. The summed E-state index contributed by atoms with van der Waals surface area (Å²) in [6.07, 6.45) is 0.953. The average molecular weight is 299 g/mol. The summed E-state index contributed by atoms with van der Waals surface area (Å²) in [5, 5.41) is 8.92. The van der Waals surface area contributed by atoms with Gasteiger partial charge in [-0.05, 0) is 26.0 Å². The van der Waals surface area contributed by atoms with Gasteiger partial charge in [0.15, 0.2) is 9.84 Å².